The molecule has 12 nitrogen and oxygen atoms in total. The summed E-state index contributed by atoms with van der Waals surface area (Å²) in [5, 5.41) is 78.4. The molecule has 2 aliphatic heterocycles. The van der Waals surface area contributed by atoms with Crippen LogP contribution < -0.4 is 0 Å². The molecule has 0 radical (unpaired) electrons. The summed E-state index contributed by atoms with van der Waals surface area (Å²) >= 11 is 2.80. The van der Waals surface area contributed by atoms with Crippen molar-refractivity contribution >= 4 is 21.7 Å². The second kappa shape index (κ2) is 9.02. The molecule has 10 atom stereocenters. The fraction of sp³-hybridized carbons (Fsp3) is 0.929. The molecule has 13 heteroatoms. The molecule has 8 N–H and O–H groups in total. The van der Waals surface area contributed by atoms with Gasteiger partial charge in [-0.25, -0.2) is 0 Å². The van der Waals surface area contributed by atoms with Gasteiger partial charge in [0.15, 0.2) is 6.29 Å². The molecule has 2 rings (SSSR count). The third-order valence-electron chi connectivity index (χ3n) is 4.60. The number of ether oxygens (including phenoxy) is 3. The zero-order valence-electron chi connectivity index (χ0n) is 13.9. The maximum atomic E-state index is 11.8. The lowest BCUT2D eigenvalue weighted by molar-refractivity contribution is -0.371. The number of hydrogen-bond acceptors (Lipinski definition) is 12. The van der Waals surface area contributed by atoms with Gasteiger partial charge < -0.3 is 55.1 Å². The van der Waals surface area contributed by atoms with E-state index >= 15 is 0 Å². The van der Waals surface area contributed by atoms with Crippen LogP contribution in [0.4, 0.5) is 0 Å². The fourth-order valence-corrected chi connectivity index (χ4v) is 3.37. The van der Waals surface area contributed by atoms with Crippen LogP contribution in [0.25, 0.3) is 0 Å². The Kier molecular flexibility index (Phi) is 7.68. The van der Waals surface area contributed by atoms with Crippen LogP contribution in [0.1, 0.15) is 0 Å². The van der Waals surface area contributed by atoms with E-state index in [9.17, 15) is 45.6 Å². The molecule has 158 valence electrons. The largest absolute Gasteiger partial charge is 0.394 e. The van der Waals surface area contributed by atoms with Crippen molar-refractivity contribution in [1.82, 2.24) is 0 Å². The highest BCUT2D eigenvalue weighted by Crippen LogP contribution is 2.33. The number of carbonyl (C=O) groups is 1. The quantitative estimate of drug-likeness (QED) is 0.174. The highest BCUT2D eigenvalue weighted by atomic mass is 79.9. The molecule has 2 aliphatic rings. The van der Waals surface area contributed by atoms with Crippen molar-refractivity contribution < 1.29 is 59.9 Å². The van der Waals surface area contributed by atoms with Crippen LogP contribution in [-0.2, 0) is 19.0 Å². The van der Waals surface area contributed by atoms with E-state index in [1.165, 1.54) is 0 Å². The number of halogens is 1. The highest BCUT2D eigenvalue weighted by molar-refractivity contribution is 9.09. The third kappa shape index (κ3) is 4.19. The molecule has 0 aromatic heterocycles. The Balaban J connectivity index is 2.21. The first-order valence-electron chi connectivity index (χ1n) is 8.04. The molecule has 2 saturated heterocycles. The van der Waals surface area contributed by atoms with Gasteiger partial charge in [-0.3, -0.25) is 4.79 Å². The number of Topliss-reactive ketones (excluding diaryl/α,β-unsaturated/α-hetero) is 1. The van der Waals surface area contributed by atoms with E-state index in [-0.39, 0.29) is 0 Å². The van der Waals surface area contributed by atoms with Gasteiger partial charge in [0, 0.05) is 0 Å². The molecule has 0 spiro atoms. The van der Waals surface area contributed by atoms with Crippen LogP contribution in [0, 0.1) is 0 Å². The molecular formula is C14H23BrO12. The summed E-state index contributed by atoms with van der Waals surface area (Å²) in [4.78, 5) is 11.8. The van der Waals surface area contributed by atoms with Gasteiger partial charge in [-0.15, -0.1) is 0 Å². The topological polar surface area (TPSA) is 207 Å². The summed E-state index contributed by atoms with van der Waals surface area (Å²) < 4.78 is 15.5. The number of ketones is 1. The zero-order valence-corrected chi connectivity index (χ0v) is 15.5. The minimum Gasteiger partial charge on any atom is -0.394 e. The van der Waals surface area contributed by atoms with E-state index in [4.69, 9.17) is 14.2 Å². The molecular weight excluding hydrogens is 440 g/mol. The van der Waals surface area contributed by atoms with Crippen LogP contribution in [0.5, 0.6) is 0 Å². The summed E-state index contributed by atoms with van der Waals surface area (Å²) in [6.07, 6.45) is -15.4. The highest BCUT2D eigenvalue weighted by Gasteiger charge is 2.58. The number of rotatable bonds is 6. The second-order valence-corrected chi connectivity index (χ2v) is 6.89. The lowest BCUT2D eigenvalue weighted by atomic mass is 9.90. The summed E-state index contributed by atoms with van der Waals surface area (Å²) in [5.74, 6) is -3.83. The maximum Gasteiger partial charge on any atom is 0.257 e. The Hall–Kier alpha value is -0.290. The van der Waals surface area contributed by atoms with E-state index in [0.717, 1.165) is 0 Å². The Labute approximate surface area is 161 Å². The van der Waals surface area contributed by atoms with Crippen LogP contribution in [0.3, 0.4) is 0 Å². The van der Waals surface area contributed by atoms with Crippen molar-refractivity contribution in [3.63, 3.8) is 0 Å². The normalized spacial score (nSPS) is 48.4. The van der Waals surface area contributed by atoms with Crippen LogP contribution >= 0.6 is 15.9 Å². The van der Waals surface area contributed by atoms with E-state index in [2.05, 4.69) is 15.9 Å². The molecule has 0 aliphatic carbocycles. The molecule has 27 heavy (non-hydrogen) atoms. The Morgan fingerprint density at radius 1 is 0.963 bits per heavy atom. The average molecular weight is 463 g/mol. The Morgan fingerprint density at radius 3 is 2.07 bits per heavy atom. The minimum absolute atomic E-state index is 0.413. The molecule has 1 unspecified atom stereocenters. The van der Waals surface area contributed by atoms with Crippen molar-refractivity contribution in [2.45, 2.75) is 60.9 Å². The molecule has 0 aromatic carbocycles. The number of aliphatic hydroxyl groups is 8. The first-order valence-corrected chi connectivity index (χ1v) is 9.16. The summed E-state index contributed by atoms with van der Waals surface area (Å²) in [6.45, 7) is -1.58. The van der Waals surface area contributed by atoms with Gasteiger partial charge in [-0.2, -0.15) is 0 Å². The summed E-state index contributed by atoms with van der Waals surface area (Å²) in [7, 11) is 0. The summed E-state index contributed by atoms with van der Waals surface area (Å²) in [6, 6.07) is 0. The molecule has 0 saturated carbocycles. The van der Waals surface area contributed by atoms with Crippen LogP contribution in [0.15, 0.2) is 0 Å². The molecule has 0 aromatic rings. The van der Waals surface area contributed by atoms with Crippen molar-refractivity contribution in [1.29, 1.82) is 0 Å². The SMILES string of the molecule is O=C(CBr)C1(O)O[C@H](CO)[C@@H](O[C@@H]2O[C@H](CO)[C@H](O)[C@H](O)[C@H]2O)[C@H](O)[C@H]1O. The van der Waals surface area contributed by atoms with Gasteiger partial charge in [0.05, 0.1) is 18.5 Å². The van der Waals surface area contributed by atoms with Crippen molar-refractivity contribution in [2.75, 3.05) is 18.5 Å². The van der Waals surface area contributed by atoms with E-state index in [1.54, 1.807) is 0 Å². The maximum absolute atomic E-state index is 11.8. The van der Waals surface area contributed by atoms with Gasteiger partial charge in [-0.1, -0.05) is 15.9 Å². The number of carbonyl (C=O) groups excluding carboxylic acids is 1. The van der Waals surface area contributed by atoms with Crippen LogP contribution in [0.2, 0.25) is 0 Å². The van der Waals surface area contributed by atoms with Gasteiger partial charge in [0.1, 0.15) is 48.8 Å². The monoisotopic (exact) mass is 462 g/mol. The van der Waals surface area contributed by atoms with Gasteiger partial charge in [0.2, 0.25) is 5.78 Å². The first-order chi connectivity index (χ1) is 12.6. The van der Waals surface area contributed by atoms with Crippen molar-refractivity contribution in [3.8, 4) is 0 Å². The predicted octanol–water partition coefficient (Wildman–Crippen LogP) is -5.06. The lowest BCUT2D eigenvalue weighted by Gasteiger charge is -2.48. The van der Waals surface area contributed by atoms with Crippen molar-refractivity contribution in [2.24, 2.45) is 0 Å². The Morgan fingerprint density at radius 2 is 1.56 bits per heavy atom. The molecule has 0 bridgehead atoms. The van der Waals surface area contributed by atoms with Gasteiger partial charge in [-0.05, 0) is 0 Å². The first kappa shape index (κ1) is 23.0. The van der Waals surface area contributed by atoms with Gasteiger partial charge in [0.25, 0.3) is 5.79 Å². The van der Waals surface area contributed by atoms with Crippen LogP contribution in [-0.4, -0.2) is 126 Å². The van der Waals surface area contributed by atoms with E-state index < -0.39 is 85.2 Å². The second-order valence-electron chi connectivity index (χ2n) is 6.33. The van der Waals surface area contributed by atoms with Crippen molar-refractivity contribution in [3.05, 3.63) is 0 Å². The lowest BCUT2D eigenvalue weighted by Crippen LogP contribution is -2.70. The molecule has 0 amide bonds. The van der Waals surface area contributed by atoms with Gasteiger partial charge >= 0.3 is 0 Å². The standard InChI is InChI=1S/C14H23BrO12/c15-1-6(18)14(24)12(23)10(22)11(5(3-17)27-14)26-13-9(21)8(20)7(19)4(2-16)25-13/h4-5,7-13,16-17,19-24H,1-3H2/t4-,5-,7+,8+,9-,10+,11-,12-,13+,14?/m1/s1. The third-order valence-corrected chi connectivity index (χ3v) is 5.11. The number of aliphatic hydroxyl groups excluding tert-OH is 7. The number of alkyl halides is 1. The predicted molar refractivity (Wildman–Crippen MR) is 86.4 cm³/mol. The summed E-state index contributed by atoms with van der Waals surface area (Å²) in [5.41, 5.74) is 0. The van der Waals surface area contributed by atoms with E-state index in [0.29, 0.717) is 0 Å². The fourth-order valence-electron chi connectivity index (χ4n) is 2.97. The smallest absolute Gasteiger partial charge is 0.257 e. The molecule has 2 heterocycles. The minimum atomic E-state index is -2.81. The Bertz CT molecular complexity index is 518. The van der Waals surface area contributed by atoms with E-state index in [1.807, 2.05) is 0 Å². The average Bonchev–Trinajstić information content (AvgIpc) is 2.67. The number of hydrogen-bond donors (Lipinski definition) is 8. The molecule has 2 fully saturated rings. The zero-order chi connectivity index (χ0) is 20.5.